The fraction of sp³-hybridized carbons (Fsp3) is 0.333. The highest BCUT2D eigenvalue weighted by molar-refractivity contribution is 6.01. The molecular weight excluding hydrogens is 385 g/mol. The number of anilines is 1. The zero-order valence-corrected chi connectivity index (χ0v) is 15.6. The van der Waals surface area contributed by atoms with E-state index in [0.717, 1.165) is 0 Å². The molecule has 1 fully saturated rings. The molecule has 29 heavy (non-hydrogen) atoms. The summed E-state index contributed by atoms with van der Waals surface area (Å²) in [7, 11) is 0. The first-order valence-electron chi connectivity index (χ1n) is 9.32. The third-order valence-corrected chi connectivity index (χ3v) is 5.33. The van der Waals surface area contributed by atoms with Gasteiger partial charge in [-0.2, -0.15) is 13.2 Å². The summed E-state index contributed by atoms with van der Waals surface area (Å²) in [5.41, 5.74) is 1.65. The van der Waals surface area contributed by atoms with Crippen LogP contribution in [-0.4, -0.2) is 30.5 Å². The van der Waals surface area contributed by atoms with Gasteiger partial charge in [0.15, 0.2) is 11.5 Å². The Balaban J connectivity index is 1.86. The van der Waals surface area contributed by atoms with Gasteiger partial charge in [0.1, 0.15) is 5.75 Å². The first kappa shape index (κ1) is 19.3. The Morgan fingerprint density at radius 1 is 1.10 bits per heavy atom. The van der Waals surface area contributed by atoms with Gasteiger partial charge in [-0.1, -0.05) is 24.3 Å². The van der Waals surface area contributed by atoms with Crippen molar-refractivity contribution in [3.05, 3.63) is 53.6 Å². The van der Waals surface area contributed by atoms with E-state index >= 15 is 0 Å². The van der Waals surface area contributed by atoms with Crippen LogP contribution in [0.3, 0.4) is 0 Å². The van der Waals surface area contributed by atoms with Crippen LogP contribution in [0, 0.1) is 0 Å². The van der Waals surface area contributed by atoms with Crippen LogP contribution in [0.2, 0.25) is 0 Å². The summed E-state index contributed by atoms with van der Waals surface area (Å²) in [6.45, 7) is 1.97. The normalized spacial score (nSPS) is 20.5. The SMILES string of the molecule is CC(=O)c1cccc2c1N1CCC[C@H](NC(=O)C(F)(F)F)[C@H]1c1ccccc1O2. The molecule has 0 aromatic heterocycles. The lowest BCUT2D eigenvalue weighted by atomic mass is 9.88. The quantitative estimate of drug-likeness (QED) is 0.755. The van der Waals surface area contributed by atoms with Gasteiger partial charge in [0.05, 0.1) is 17.8 Å². The van der Waals surface area contributed by atoms with Crippen molar-refractivity contribution in [2.24, 2.45) is 0 Å². The molecule has 0 unspecified atom stereocenters. The molecular formula is C21H19F3N2O3. The van der Waals surface area contributed by atoms with Gasteiger partial charge >= 0.3 is 12.1 Å². The minimum absolute atomic E-state index is 0.170. The third-order valence-electron chi connectivity index (χ3n) is 5.33. The van der Waals surface area contributed by atoms with E-state index in [1.165, 1.54) is 6.92 Å². The summed E-state index contributed by atoms with van der Waals surface area (Å²) < 4.78 is 44.8. The Bertz CT molecular complexity index is 974. The first-order valence-corrected chi connectivity index (χ1v) is 9.32. The number of piperidine rings is 1. The largest absolute Gasteiger partial charge is 0.471 e. The summed E-state index contributed by atoms with van der Waals surface area (Å²) in [6.07, 6.45) is -4.02. The molecule has 0 saturated carbocycles. The molecule has 0 radical (unpaired) electrons. The van der Waals surface area contributed by atoms with Crippen LogP contribution in [0.25, 0.3) is 0 Å². The molecule has 0 spiro atoms. The van der Waals surface area contributed by atoms with E-state index in [0.29, 0.717) is 47.7 Å². The number of hydrogen-bond donors (Lipinski definition) is 1. The molecule has 2 aliphatic heterocycles. The number of nitrogens with zero attached hydrogens (tertiary/aromatic N) is 1. The van der Waals surface area contributed by atoms with Gasteiger partial charge < -0.3 is 15.0 Å². The van der Waals surface area contributed by atoms with E-state index in [1.807, 2.05) is 4.90 Å². The molecule has 4 rings (SSSR count). The van der Waals surface area contributed by atoms with Crippen molar-refractivity contribution in [2.75, 3.05) is 11.4 Å². The molecule has 8 heteroatoms. The van der Waals surface area contributed by atoms with Gasteiger partial charge in [-0.3, -0.25) is 9.59 Å². The van der Waals surface area contributed by atoms with E-state index in [9.17, 15) is 22.8 Å². The zero-order valence-electron chi connectivity index (χ0n) is 15.6. The maximum absolute atomic E-state index is 12.9. The van der Waals surface area contributed by atoms with Gasteiger partial charge in [0, 0.05) is 17.7 Å². The Labute approximate surface area is 165 Å². The Morgan fingerprint density at radius 2 is 1.83 bits per heavy atom. The predicted octanol–water partition coefficient (Wildman–Crippen LogP) is 4.38. The van der Waals surface area contributed by atoms with Crippen molar-refractivity contribution < 1.29 is 27.5 Å². The second-order valence-electron chi connectivity index (χ2n) is 7.21. The van der Waals surface area contributed by atoms with Gasteiger partial charge in [-0.25, -0.2) is 0 Å². The average Bonchev–Trinajstić information content (AvgIpc) is 2.82. The molecule has 2 aromatic carbocycles. The summed E-state index contributed by atoms with van der Waals surface area (Å²) >= 11 is 0. The number of nitrogens with one attached hydrogen (secondary N) is 1. The van der Waals surface area contributed by atoms with E-state index in [4.69, 9.17) is 4.74 Å². The lowest BCUT2D eigenvalue weighted by Gasteiger charge is -2.43. The number of rotatable bonds is 2. The minimum atomic E-state index is -4.97. The smallest absolute Gasteiger partial charge is 0.455 e. The zero-order chi connectivity index (χ0) is 20.8. The van der Waals surface area contributed by atoms with Crippen molar-refractivity contribution in [1.29, 1.82) is 0 Å². The number of hydrogen-bond acceptors (Lipinski definition) is 4. The van der Waals surface area contributed by atoms with Gasteiger partial charge in [0.25, 0.3) is 0 Å². The van der Waals surface area contributed by atoms with E-state index in [2.05, 4.69) is 5.32 Å². The molecule has 2 aromatic rings. The number of halogens is 3. The highest BCUT2D eigenvalue weighted by Gasteiger charge is 2.44. The van der Waals surface area contributed by atoms with Crippen LogP contribution in [0.1, 0.15) is 41.7 Å². The van der Waals surface area contributed by atoms with Crippen LogP contribution in [0.4, 0.5) is 18.9 Å². The highest BCUT2D eigenvalue weighted by Crippen LogP contribution is 2.49. The van der Waals surface area contributed by atoms with Crippen molar-refractivity contribution in [3.8, 4) is 11.5 Å². The molecule has 5 nitrogen and oxygen atoms in total. The van der Waals surface area contributed by atoms with Crippen molar-refractivity contribution in [2.45, 2.75) is 38.0 Å². The Kier molecular flexibility index (Phi) is 4.72. The fourth-order valence-corrected chi connectivity index (χ4v) is 4.15. The number of alkyl halides is 3. The molecule has 1 saturated heterocycles. The van der Waals surface area contributed by atoms with Crippen molar-refractivity contribution >= 4 is 17.4 Å². The number of benzene rings is 2. The monoisotopic (exact) mass is 404 g/mol. The van der Waals surface area contributed by atoms with E-state index < -0.39 is 24.2 Å². The Morgan fingerprint density at radius 3 is 2.55 bits per heavy atom. The lowest BCUT2D eigenvalue weighted by molar-refractivity contribution is -0.174. The van der Waals surface area contributed by atoms with Crippen LogP contribution in [-0.2, 0) is 4.79 Å². The molecule has 2 atom stereocenters. The van der Waals surface area contributed by atoms with Crippen molar-refractivity contribution in [3.63, 3.8) is 0 Å². The molecule has 152 valence electrons. The number of ketones is 1. The number of ether oxygens (including phenoxy) is 1. The fourth-order valence-electron chi connectivity index (χ4n) is 4.15. The number of para-hydroxylation sites is 2. The number of carbonyl (C=O) groups excluding carboxylic acids is 2. The third kappa shape index (κ3) is 3.43. The second-order valence-corrected chi connectivity index (χ2v) is 7.21. The van der Waals surface area contributed by atoms with Gasteiger partial charge in [-0.05, 0) is 38.0 Å². The first-order chi connectivity index (χ1) is 13.8. The molecule has 1 amide bonds. The average molecular weight is 404 g/mol. The van der Waals surface area contributed by atoms with Crippen LogP contribution >= 0.6 is 0 Å². The number of carbonyl (C=O) groups is 2. The summed E-state index contributed by atoms with van der Waals surface area (Å²) in [5.74, 6) is -1.17. The standard InChI is InChI=1S/C21H19F3N2O3/c1-12(27)13-7-4-10-17-19(13)26-11-5-8-15(25-20(28)21(22,23)24)18(26)14-6-2-3-9-16(14)29-17/h2-4,6-7,9-10,15,18H,5,8,11H2,1H3,(H,25,28)/t15-,18+/m0/s1. The van der Waals surface area contributed by atoms with E-state index in [-0.39, 0.29) is 5.78 Å². The molecule has 1 N–H and O–H groups in total. The van der Waals surface area contributed by atoms with Crippen LogP contribution in [0.15, 0.2) is 42.5 Å². The van der Waals surface area contributed by atoms with Crippen LogP contribution in [0.5, 0.6) is 11.5 Å². The van der Waals surface area contributed by atoms with Gasteiger partial charge in [0.2, 0.25) is 0 Å². The molecule has 2 heterocycles. The highest BCUT2D eigenvalue weighted by atomic mass is 19.4. The van der Waals surface area contributed by atoms with Gasteiger partial charge in [-0.15, -0.1) is 0 Å². The summed E-state index contributed by atoms with van der Waals surface area (Å²) in [5, 5.41) is 2.16. The van der Waals surface area contributed by atoms with E-state index in [1.54, 1.807) is 42.5 Å². The summed E-state index contributed by atoms with van der Waals surface area (Å²) in [4.78, 5) is 25.8. The molecule has 2 aliphatic rings. The molecule has 0 bridgehead atoms. The molecule has 0 aliphatic carbocycles. The van der Waals surface area contributed by atoms with Crippen molar-refractivity contribution in [1.82, 2.24) is 5.32 Å². The predicted molar refractivity (Wildman–Crippen MR) is 100 cm³/mol. The number of fused-ring (bicyclic) bond motifs is 5. The van der Waals surface area contributed by atoms with Crippen LogP contribution < -0.4 is 15.0 Å². The topological polar surface area (TPSA) is 58.6 Å². The minimum Gasteiger partial charge on any atom is -0.455 e. The second kappa shape index (κ2) is 7.09. The number of Topliss-reactive ketones (excluding diaryl/α,β-unsaturated/α-hetero) is 1. The maximum Gasteiger partial charge on any atom is 0.471 e. The summed E-state index contributed by atoms with van der Waals surface area (Å²) in [6, 6.07) is 10.8. The number of amides is 1. The Hall–Kier alpha value is -3.03. The maximum atomic E-state index is 12.9. The lowest BCUT2D eigenvalue weighted by Crippen LogP contribution is -2.53.